The van der Waals surface area contributed by atoms with Crippen molar-refractivity contribution in [2.24, 2.45) is 7.05 Å². The van der Waals surface area contributed by atoms with Gasteiger partial charge in [-0.05, 0) is 47.5 Å². The van der Waals surface area contributed by atoms with E-state index in [1.165, 1.54) is 23.0 Å². The minimum atomic E-state index is -0.461. The smallest absolute Gasteiger partial charge is 0.331 e. The van der Waals surface area contributed by atoms with E-state index in [2.05, 4.69) is 26.7 Å². The van der Waals surface area contributed by atoms with Gasteiger partial charge < -0.3 is 5.32 Å². The Labute approximate surface area is 190 Å². The monoisotopic (exact) mass is 497 g/mol. The number of aryl methyl sites for hydroxylation is 1. The van der Waals surface area contributed by atoms with Gasteiger partial charge in [-0.25, -0.2) is 4.79 Å². The van der Waals surface area contributed by atoms with Crippen molar-refractivity contribution in [3.05, 3.63) is 103 Å². The lowest BCUT2D eigenvalue weighted by Crippen LogP contribution is -2.39. The summed E-state index contributed by atoms with van der Waals surface area (Å²) in [6.45, 7) is 0.302. The fourth-order valence-corrected chi connectivity index (χ4v) is 3.91. The average Bonchev–Trinajstić information content (AvgIpc) is 2.78. The van der Waals surface area contributed by atoms with Crippen LogP contribution in [0.15, 0.2) is 80.6 Å². The van der Waals surface area contributed by atoms with Crippen molar-refractivity contribution in [2.75, 3.05) is 6.54 Å². The fraction of sp³-hybridized carbons (Fsp3) is 0.136. The molecule has 3 aromatic rings. The first-order valence-corrected chi connectivity index (χ1v) is 10.5. The molecule has 0 saturated heterocycles. The lowest BCUT2D eigenvalue weighted by atomic mass is 10.1. The number of halogens is 1. The van der Waals surface area contributed by atoms with Gasteiger partial charge in [-0.3, -0.25) is 29.4 Å². The molecule has 0 radical (unpaired) electrons. The number of nitrogens with one attached hydrogen (secondary N) is 2. The Morgan fingerprint density at radius 1 is 1.19 bits per heavy atom. The number of benzene rings is 2. The van der Waals surface area contributed by atoms with Crippen LogP contribution in [0.25, 0.3) is 10.9 Å². The highest BCUT2D eigenvalue weighted by molar-refractivity contribution is 9.10. The Kier molecular flexibility index (Phi) is 5.97. The molecule has 1 aliphatic heterocycles. The van der Waals surface area contributed by atoms with Gasteiger partial charge in [0.25, 0.3) is 11.5 Å². The summed E-state index contributed by atoms with van der Waals surface area (Å²) in [6.07, 6.45) is 4.67. The van der Waals surface area contributed by atoms with E-state index in [1.54, 1.807) is 25.3 Å². The van der Waals surface area contributed by atoms with Gasteiger partial charge in [-0.1, -0.05) is 28.1 Å². The zero-order valence-corrected chi connectivity index (χ0v) is 18.7. The molecule has 9 nitrogen and oxygen atoms in total. The number of fused-ring (bicyclic) bond motifs is 1. The number of nitrogens with zero attached hydrogens (tertiary/aromatic N) is 3. The number of hydroxylamine groups is 1. The Morgan fingerprint density at radius 2 is 2.00 bits per heavy atom. The maximum atomic E-state index is 13.2. The molecule has 32 heavy (non-hydrogen) atoms. The first-order chi connectivity index (χ1) is 15.3. The molecule has 2 heterocycles. The van der Waals surface area contributed by atoms with Crippen LogP contribution in [0.4, 0.5) is 0 Å². The van der Waals surface area contributed by atoms with Crippen molar-refractivity contribution in [1.82, 2.24) is 25.0 Å². The topological polar surface area (TPSA) is 109 Å². The molecule has 0 saturated carbocycles. The van der Waals surface area contributed by atoms with Gasteiger partial charge >= 0.3 is 5.69 Å². The van der Waals surface area contributed by atoms with E-state index in [0.29, 0.717) is 16.7 Å². The van der Waals surface area contributed by atoms with Gasteiger partial charge in [0.1, 0.15) is 0 Å². The van der Waals surface area contributed by atoms with Crippen LogP contribution in [0.2, 0.25) is 0 Å². The number of hydrogen-bond donors (Lipinski definition) is 3. The number of rotatable bonds is 5. The highest BCUT2D eigenvalue weighted by Gasteiger charge is 2.15. The van der Waals surface area contributed by atoms with Crippen molar-refractivity contribution in [3.63, 3.8) is 0 Å². The molecule has 1 aliphatic rings. The summed E-state index contributed by atoms with van der Waals surface area (Å²) < 4.78 is 3.41. The highest BCUT2D eigenvalue weighted by atomic mass is 79.9. The second-order valence-corrected chi connectivity index (χ2v) is 8.20. The third kappa shape index (κ3) is 4.36. The Balaban J connectivity index is 1.67. The summed E-state index contributed by atoms with van der Waals surface area (Å²) in [5.41, 5.74) is 3.87. The van der Waals surface area contributed by atoms with Crippen LogP contribution in [-0.2, 0) is 13.6 Å². The van der Waals surface area contributed by atoms with Crippen LogP contribution in [0.3, 0.4) is 0 Å². The number of carbonyl (C=O) groups is 1. The van der Waals surface area contributed by atoms with E-state index in [-0.39, 0.29) is 24.4 Å². The van der Waals surface area contributed by atoms with Crippen molar-refractivity contribution in [1.29, 1.82) is 0 Å². The van der Waals surface area contributed by atoms with Gasteiger partial charge in [0.05, 0.1) is 23.6 Å². The van der Waals surface area contributed by atoms with E-state index in [1.807, 2.05) is 24.3 Å². The third-order valence-electron chi connectivity index (χ3n) is 5.09. The predicted octanol–water partition coefficient (Wildman–Crippen LogP) is 1.85. The molecule has 0 atom stereocenters. The summed E-state index contributed by atoms with van der Waals surface area (Å²) in [7, 11) is 1.60. The molecule has 0 spiro atoms. The highest BCUT2D eigenvalue weighted by Crippen LogP contribution is 2.14. The van der Waals surface area contributed by atoms with Crippen LogP contribution in [0.1, 0.15) is 15.9 Å². The molecule has 0 aliphatic carbocycles. The van der Waals surface area contributed by atoms with E-state index < -0.39 is 11.2 Å². The molecule has 164 valence electrons. The molecule has 1 amide bonds. The zero-order valence-electron chi connectivity index (χ0n) is 17.1. The normalized spacial score (nSPS) is 13.1. The number of carbonyl (C=O) groups excluding carboxylic acids is 1. The second-order valence-electron chi connectivity index (χ2n) is 7.29. The molecule has 2 aromatic carbocycles. The Bertz CT molecular complexity index is 1390. The van der Waals surface area contributed by atoms with Gasteiger partial charge in [-0.2, -0.15) is 5.17 Å². The molecule has 4 rings (SSSR count). The first-order valence-electron chi connectivity index (χ1n) is 9.71. The van der Waals surface area contributed by atoms with Crippen molar-refractivity contribution in [2.45, 2.75) is 6.54 Å². The largest absolute Gasteiger partial charge is 0.348 e. The Morgan fingerprint density at radius 3 is 2.75 bits per heavy atom. The molecule has 0 unspecified atom stereocenters. The SMILES string of the molecule is Cn1c(=O)n(Cc2cccc(Br)c2)c(=O)c2cc(C(=O)NCC3=CN(O)NC=C3)ccc21. The van der Waals surface area contributed by atoms with Crippen LogP contribution in [-0.4, -0.2) is 32.0 Å². The van der Waals surface area contributed by atoms with Gasteiger partial charge in [0.2, 0.25) is 0 Å². The van der Waals surface area contributed by atoms with E-state index in [0.717, 1.165) is 19.8 Å². The summed E-state index contributed by atoms with van der Waals surface area (Å²) in [5.74, 6) is -0.379. The average molecular weight is 498 g/mol. The van der Waals surface area contributed by atoms with Gasteiger partial charge in [-0.15, -0.1) is 0 Å². The van der Waals surface area contributed by atoms with Crippen molar-refractivity contribution < 1.29 is 10.0 Å². The third-order valence-corrected chi connectivity index (χ3v) is 5.58. The van der Waals surface area contributed by atoms with Crippen molar-refractivity contribution in [3.8, 4) is 0 Å². The molecule has 3 N–H and O–H groups in total. The number of amides is 1. The van der Waals surface area contributed by atoms with E-state index in [4.69, 9.17) is 0 Å². The molecular formula is C22H20BrN5O4. The summed E-state index contributed by atoms with van der Waals surface area (Å²) in [6, 6.07) is 12.0. The quantitative estimate of drug-likeness (QED) is 0.496. The van der Waals surface area contributed by atoms with Crippen LogP contribution >= 0.6 is 15.9 Å². The standard InChI is InChI=1S/C22H20BrN5O4/c1-26-19-6-5-16(20(29)24-11-15-7-8-25-28(32)13-15)10-18(19)21(30)27(22(26)31)12-14-3-2-4-17(23)9-14/h2-10,13,25,32H,11-12H2,1H3,(H,24,29). The number of hydrogen-bond acceptors (Lipinski definition) is 6. The number of aromatic nitrogens is 2. The summed E-state index contributed by atoms with van der Waals surface area (Å²) >= 11 is 3.40. The lowest BCUT2D eigenvalue weighted by molar-refractivity contribution is -0.0768. The molecule has 10 heteroatoms. The van der Waals surface area contributed by atoms with Crippen LogP contribution < -0.4 is 22.0 Å². The van der Waals surface area contributed by atoms with Crippen LogP contribution in [0, 0.1) is 0 Å². The van der Waals surface area contributed by atoms with E-state index in [9.17, 15) is 19.6 Å². The van der Waals surface area contributed by atoms with Crippen LogP contribution in [0.5, 0.6) is 0 Å². The molecule has 0 bridgehead atoms. The van der Waals surface area contributed by atoms with Gasteiger partial charge in [0, 0.05) is 29.8 Å². The summed E-state index contributed by atoms with van der Waals surface area (Å²) in [4.78, 5) is 38.6. The Hall–Kier alpha value is -3.63. The van der Waals surface area contributed by atoms with E-state index >= 15 is 0 Å². The zero-order chi connectivity index (χ0) is 22.8. The fourth-order valence-electron chi connectivity index (χ4n) is 3.46. The number of hydrazine groups is 1. The minimum Gasteiger partial charge on any atom is -0.348 e. The lowest BCUT2D eigenvalue weighted by Gasteiger charge is -2.17. The molecule has 0 fully saturated rings. The minimum absolute atomic E-state index is 0.115. The summed E-state index contributed by atoms with van der Waals surface area (Å²) in [5, 5.41) is 13.2. The molecule has 1 aromatic heterocycles. The molecular weight excluding hydrogens is 478 g/mol. The second kappa shape index (κ2) is 8.85. The van der Waals surface area contributed by atoms with Gasteiger partial charge in [0.15, 0.2) is 0 Å². The first kappa shape index (κ1) is 21.6. The maximum Gasteiger partial charge on any atom is 0.331 e. The predicted molar refractivity (Wildman–Crippen MR) is 123 cm³/mol. The van der Waals surface area contributed by atoms with Crippen molar-refractivity contribution >= 4 is 32.7 Å². The maximum absolute atomic E-state index is 13.2.